The van der Waals surface area contributed by atoms with Crippen molar-refractivity contribution in [2.45, 2.75) is 31.8 Å². The van der Waals surface area contributed by atoms with Crippen molar-refractivity contribution in [1.29, 1.82) is 0 Å². The summed E-state index contributed by atoms with van der Waals surface area (Å²) < 4.78 is 5.31. The van der Waals surface area contributed by atoms with E-state index >= 15 is 0 Å². The first-order chi connectivity index (χ1) is 13.2. The molecule has 0 fully saturated rings. The third-order valence-electron chi connectivity index (χ3n) is 4.01. The van der Waals surface area contributed by atoms with Gasteiger partial charge < -0.3 is 10.1 Å². The number of hydrogen-bond donors (Lipinski definition) is 1. The first-order valence-corrected chi connectivity index (χ1v) is 10.3. The van der Waals surface area contributed by atoms with Crippen molar-refractivity contribution < 1.29 is 19.1 Å². The fourth-order valence-corrected chi connectivity index (χ4v) is 2.94. The number of ketones is 1. The van der Waals surface area contributed by atoms with Crippen molar-refractivity contribution in [1.82, 2.24) is 0 Å². The van der Waals surface area contributed by atoms with Gasteiger partial charge >= 0.3 is 5.97 Å². The second-order valence-corrected chi connectivity index (χ2v) is 7.77. The molecule has 1 atom stereocenters. The molecule has 2 rings (SSSR count). The van der Waals surface area contributed by atoms with Crippen LogP contribution in [-0.4, -0.2) is 30.0 Å². The van der Waals surface area contributed by atoms with Crippen LogP contribution in [0.1, 0.15) is 41.5 Å². The standard InChI is InChI=1S/C21H22ClNO4S/c1-12(2)20(25)23-15-7-5-14(6-8-15)19(24)13(3)27-21(26)17-11-16(28-4)9-10-18(17)22/h5-13H,1-4H3,(H,23,25). The maximum Gasteiger partial charge on any atom is 0.340 e. The highest BCUT2D eigenvalue weighted by Crippen LogP contribution is 2.24. The van der Waals surface area contributed by atoms with Crippen LogP contribution in [0.4, 0.5) is 5.69 Å². The van der Waals surface area contributed by atoms with Crippen molar-refractivity contribution in [3.63, 3.8) is 0 Å². The van der Waals surface area contributed by atoms with E-state index < -0.39 is 12.1 Å². The van der Waals surface area contributed by atoms with Gasteiger partial charge in [-0.3, -0.25) is 9.59 Å². The molecule has 0 saturated carbocycles. The lowest BCUT2D eigenvalue weighted by atomic mass is 10.1. The Balaban J connectivity index is 2.06. The van der Waals surface area contributed by atoms with Crippen LogP contribution in [0.3, 0.4) is 0 Å². The molecule has 2 aromatic rings. The van der Waals surface area contributed by atoms with Gasteiger partial charge in [-0.1, -0.05) is 25.4 Å². The van der Waals surface area contributed by atoms with E-state index in [0.29, 0.717) is 11.3 Å². The monoisotopic (exact) mass is 419 g/mol. The first kappa shape index (κ1) is 22.0. The average molecular weight is 420 g/mol. The van der Waals surface area contributed by atoms with E-state index in [0.717, 1.165) is 4.90 Å². The van der Waals surface area contributed by atoms with E-state index in [1.807, 2.05) is 6.26 Å². The number of carbonyl (C=O) groups is 3. The Morgan fingerprint density at radius 3 is 2.25 bits per heavy atom. The van der Waals surface area contributed by atoms with E-state index in [4.69, 9.17) is 16.3 Å². The van der Waals surface area contributed by atoms with Gasteiger partial charge in [0, 0.05) is 22.1 Å². The lowest BCUT2D eigenvalue weighted by Crippen LogP contribution is -2.24. The van der Waals surface area contributed by atoms with E-state index in [-0.39, 0.29) is 28.2 Å². The van der Waals surface area contributed by atoms with Gasteiger partial charge in [0.25, 0.3) is 0 Å². The number of carbonyl (C=O) groups excluding carboxylic acids is 3. The lowest BCUT2D eigenvalue weighted by Gasteiger charge is -2.14. The summed E-state index contributed by atoms with van der Waals surface area (Å²) in [7, 11) is 0. The van der Waals surface area contributed by atoms with Gasteiger partial charge in [0.15, 0.2) is 6.10 Å². The molecule has 1 N–H and O–H groups in total. The molecule has 0 aliphatic rings. The molecule has 7 heteroatoms. The van der Waals surface area contributed by atoms with Gasteiger partial charge in [-0.2, -0.15) is 0 Å². The maximum atomic E-state index is 12.6. The average Bonchev–Trinajstić information content (AvgIpc) is 2.68. The Kier molecular flexibility index (Phi) is 7.66. The smallest absolute Gasteiger partial charge is 0.340 e. The molecule has 0 bridgehead atoms. The normalized spacial score (nSPS) is 11.8. The van der Waals surface area contributed by atoms with Crippen LogP contribution in [-0.2, 0) is 9.53 Å². The minimum absolute atomic E-state index is 0.106. The lowest BCUT2D eigenvalue weighted by molar-refractivity contribution is -0.118. The zero-order chi connectivity index (χ0) is 20.8. The highest BCUT2D eigenvalue weighted by atomic mass is 35.5. The number of hydrogen-bond acceptors (Lipinski definition) is 5. The number of ether oxygens (including phenoxy) is 1. The number of Topliss-reactive ketones (excluding diaryl/α,β-unsaturated/α-hetero) is 1. The fourth-order valence-electron chi connectivity index (χ4n) is 2.30. The summed E-state index contributed by atoms with van der Waals surface area (Å²) in [6.07, 6.45) is 0.912. The zero-order valence-corrected chi connectivity index (χ0v) is 17.7. The maximum absolute atomic E-state index is 12.6. The van der Waals surface area contributed by atoms with Crippen LogP contribution >= 0.6 is 23.4 Å². The summed E-state index contributed by atoms with van der Waals surface area (Å²) in [6.45, 7) is 5.11. The number of rotatable bonds is 7. The summed E-state index contributed by atoms with van der Waals surface area (Å²) in [5.41, 5.74) is 1.20. The minimum atomic E-state index is -0.974. The molecule has 1 unspecified atom stereocenters. The second-order valence-electron chi connectivity index (χ2n) is 6.48. The van der Waals surface area contributed by atoms with Gasteiger partial charge in [-0.25, -0.2) is 4.79 Å². The summed E-state index contributed by atoms with van der Waals surface area (Å²) in [6, 6.07) is 11.5. The predicted molar refractivity (Wildman–Crippen MR) is 112 cm³/mol. The molecular formula is C21H22ClNO4S. The number of anilines is 1. The number of thioether (sulfide) groups is 1. The molecular weight excluding hydrogens is 398 g/mol. The molecule has 148 valence electrons. The summed E-state index contributed by atoms with van der Waals surface area (Å²) >= 11 is 7.55. The number of amides is 1. The Morgan fingerprint density at radius 1 is 1.04 bits per heavy atom. The Bertz CT molecular complexity index is 880. The van der Waals surface area contributed by atoms with Crippen LogP contribution in [0.2, 0.25) is 5.02 Å². The van der Waals surface area contributed by atoms with Crippen LogP contribution in [0.5, 0.6) is 0 Å². The third-order valence-corrected chi connectivity index (χ3v) is 5.06. The van der Waals surface area contributed by atoms with E-state index in [9.17, 15) is 14.4 Å². The highest BCUT2D eigenvalue weighted by molar-refractivity contribution is 7.98. The van der Waals surface area contributed by atoms with E-state index in [2.05, 4.69) is 5.32 Å². The molecule has 0 spiro atoms. The van der Waals surface area contributed by atoms with Gasteiger partial charge in [0.2, 0.25) is 11.7 Å². The molecule has 0 aromatic heterocycles. The molecule has 0 radical (unpaired) electrons. The SMILES string of the molecule is CSc1ccc(Cl)c(C(=O)OC(C)C(=O)c2ccc(NC(=O)C(C)C)cc2)c1. The Labute approximate surface area is 173 Å². The predicted octanol–water partition coefficient (Wildman–Crippen LogP) is 5.08. The number of nitrogens with one attached hydrogen (secondary N) is 1. The van der Waals surface area contributed by atoms with Crippen molar-refractivity contribution in [2.75, 3.05) is 11.6 Å². The molecule has 0 heterocycles. The molecule has 0 saturated heterocycles. The largest absolute Gasteiger partial charge is 0.451 e. The van der Waals surface area contributed by atoms with Crippen LogP contribution in [0.15, 0.2) is 47.4 Å². The Hall–Kier alpha value is -2.31. The number of esters is 1. The first-order valence-electron chi connectivity index (χ1n) is 8.72. The van der Waals surface area contributed by atoms with E-state index in [1.165, 1.54) is 18.7 Å². The van der Waals surface area contributed by atoms with Crippen molar-refractivity contribution >= 4 is 46.7 Å². The van der Waals surface area contributed by atoms with Gasteiger partial charge in [-0.15, -0.1) is 11.8 Å². The number of halogens is 1. The molecule has 2 aromatic carbocycles. The molecule has 0 aliphatic carbocycles. The van der Waals surface area contributed by atoms with Crippen molar-refractivity contribution in [3.8, 4) is 0 Å². The molecule has 5 nitrogen and oxygen atoms in total. The fraction of sp³-hybridized carbons (Fsp3) is 0.286. The van der Waals surface area contributed by atoms with Gasteiger partial charge in [0.05, 0.1) is 10.6 Å². The quantitative estimate of drug-likeness (QED) is 0.384. The van der Waals surface area contributed by atoms with Crippen molar-refractivity contribution in [3.05, 3.63) is 58.6 Å². The second kappa shape index (κ2) is 9.75. The van der Waals surface area contributed by atoms with Gasteiger partial charge in [0.1, 0.15) is 0 Å². The van der Waals surface area contributed by atoms with Crippen LogP contribution in [0, 0.1) is 5.92 Å². The highest BCUT2D eigenvalue weighted by Gasteiger charge is 2.22. The van der Waals surface area contributed by atoms with Crippen LogP contribution < -0.4 is 5.32 Å². The summed E-state index contributed by atoms with van der Waals surface area (Å²) in [4.78, 5) is 37.6. The summed E-state index contributed by atoms with van der Waals surface area (Å²) in [5.74, 6) is -1.24. The zero-order valence-electron chi connectivity index (χ0n) is 16.1. The molecule has 0 aliphatic heterocycles. The topological polar surface area (TPSA) is 72.5 Å². The summed E-state index contributed by atoms with van der Waals surface area (Å²) in [5, 5.41) is 3.03. The molecule has 1 amide bonds. The van der Waals surface area contributed by atoms with E-state index in [1.54, 1.807) is 56.3 Å². The Morgan fingerprint density at radius 2 is 1.68 bits per heavy atom. The van der Waals surface area contributed by atoms with Gasteiger partial charge in [-0.05, 0) is 55.6 Å². The van der Waals surface area contributed by atoms with Crippen molar-refractivity contribution in [2.24, 2.45) is 5.92 Å². The van der Waals surface area contributed by atoms with Crippen LogP contribution in [0.25, 0.3) is 0 Å². The minimum Gasteiger partial charge on any atom is -0.451 e. The molecule has 28 heavy (non-hydrogen) atoms. The third kappa shape index (κ3) is 5.59. The number of benzene rings is 2.